The van der Waals surface area contributed by atoms with Crippen LogP contribution in [-0.4, -0.2) is 37.3 Å². The molecule has 0 aromatic carbocycles. The normalized spacial score (nSPS) is 10.2. The van der Waals surface area contributed by atoms with Crippen LogP contribution >= 0.6 is 0 Å². The summed E-state index contributed by atoms with van der Waals surface area (Å²) < 4.78 is 4.87. The van der Waals surface area contributed by atoms with E-state index in [1.165, 1.54) is 6.33 Å². The van der Waals surface area contributed by atoms with Crippen LogP contribution in [0.15, 0.2) is 10.9 Å². The van der Waals surface area contributed by atoms with Crippen LogP contribution < -0.4 is 10.2 Å². The minimum Gasteiger partial charge on any atom is -0.327 e. The van der Waals surface area contributed by atoms with Gasteiger partial charge in [0.05, 0.1) is 0 Å². The van der Waals surface area contributed by atoms with E-state index in [1.54, 1.807) is 0 Å². The van der Waals surface area contributed by atoms with Crippen molar-refractivity contribution in [3.8, 4) is 0 Å². The molecule has 0 radical (unpaired) electrons. The molecule has 0 fully saturated rings. The third-order valence-electron chi connectivity index (χ3n) is 1.60. The molecular formula is C7H14N4O. The fourth-order valence-corrected chi connectivity index (χ4v) is 0.924. The van der Waals surface area contributed by atoms with Gasteiger partial charge >= 0.3 is 6.01 Å². The summed E-state index contributed by atoms with van der Waals surface area (Å²) in [7, 11) is 3.87. The molecule has 0 unspecified atom stereocenters. The average molecular weight is 170 g/mol. The highest BCUT2D eigenvalue weighted by atomic mass is 16.5. The summed E-state index contributed by atoms with van der Waals surface area (Å²) in [5.74, 6) is 0. The summed E-state index contributed by atoms with van der Waals surface area (Å²) in [6.07, 6.45) is 2.47. The first kappa shape index (κ1) is 8.99. The minimum absolute atomic E-state index is 0.575. The molecule has 0 aliphatic heterocycles. The van der Waals surface area contributed by atoms with E-state index >= 15 is 0 Å². The molecular weight excluding hydrogens is 156 g/mol. The first-order valence-corrected chi connectivity index (χ1v) is 3.97. The Balaban J connectivity index is 2.25. The van der Waals surface area contributed by atoms with E-state index in [4.69, 9.17) is 4.52 Å². The van der Waals surface area contributed by atoms with Crippen molar-refractivity contribution in [3.05, 3.63) is 6.33 Å². The lowest BCUT2D eigenvalue weighted by Gasteiger charge is -2.12. The fraction of sp³-hybridized carbons (Fsp3) is 0.714. The second-order valence-corrected chi connectivity index (χ2v) is 2.60. The van der Waals surface area contributed by atoms with Gasteiger partial charge in [0.15, 0.2) is 6.33 Å². The van der Waals surface area contributed by atoms with Crippen molar-refractivity contribution in [3.63, 3.8) is 0 Å². The monoisotopic (exact) mass is 170 g/mol. The van der Waals surface area contributed by atoms with Crippen LogP contribution in [0.2, 0.25) is 0 Å². The SMILES string of the molecule is CNCCCN(C)c1ncno1. The van der Waals surface area contributed by atoms with E-state index in [0.29, 0.717) is 6.01 Å². The lowest BCUT2D eigenvalue weighted by atomic mass is 10.4. The maximum absolute atomic E-state index is 4.87. The maximum Gasteiger partial charge on any atom is 0.323 e. The van der Waals surface area contributed by atoms with Crippen molar-refractivity contribution in [1.82, 2.24) is 15.5 Å². The van der Waals surface area contributed by atoms with Crippen LogP contribution in [0.4, 0.5) is 6.01 Å². The van der Waals surface area contributed by atoms with Gasteiger partial charge in [-0.3, -0.25) is 0 Å². The Hall–Kier alpha value is -1.10. The molecule has 1 aromatic rings. The van der Waals surface area contributed by atoms with E-state index in [9.17, 15) is 0 Å². The third-order valence-corrected chi connectivity index (χ3v) is 1.60. The molecule has 0 saturated carbocycles. The van der Waals surface area contributed by atoms with Gasteiger partial charge < -0.3 is 14.7 Å². The Morgan fingerprint density at radius 3 is 3.08 bits per heavy atom. The number of nitrogens with zero attached hydrogens (tertiary/aromatic N) is 3. The Kier molecular flexibility index (Phi) is 3.53. The van der Waals surface area contributed by atoms with Crippen molar-refractivity contribution in [2.45, 2.75) is 6.42 Å². The Morgan fingerprint density at radius 1 is 1.67 bits per heavy atom. The molecule has 0 aliphatic rings. The smallest absolute Gasteiger partial charge is 0.323 e. The molecule has 5 nitrogen and oxygen atoms in total. The Morgan fingerprint density at radius 2 is 2.50 bits per heavy atom. The lowest BCUT2D eigenvalue weighted by Crippen LogP contribution is -2.22. The number of hydrogen-bond acceptors (Lipinski definition) is 5. The second kappa shape index (κ2) is 4.71. The van der Waals surface area contributed by atoms with Gasteiger partial charge in [0.1, 0.15) is 0 Å². The number of rotatable bonds is 5. The van der Waals surface area contributed by atoms with E-state index in [1.807, 2.05) is 19.0 Å². The van der Waals surface area contributed by atoms with Crippen molar-refractivity contribution in [2.75, 3.05) is 32.1 Å². The highest BCUT2D eigenvalue weighted by Crippen LogP contribution is 2.04. The van der Waals surface area contributed by atoms with Gasteiger partial charge in [-0.2, -0.15) is 4.98 Å². The number of hydrogen-bond donors (Lipinski definition) is 1. The molecule has 0 amide bonds. The molecule has 1 heterocycles. The molecule has 12 heavy (non-hydrogen) atoms. The van der Waals surface area contributed by atoms with Crippen molar-refractivity contribution >= 4 is 6.01 Å². The van der Waals surface area contributed by atoms with Crippen LogP contribution in [0.5, 0.6) is 0 Å². The fourth-order valence-electron chi connectivity index (χ4n) is 0.924. The van der Waals surface area contributed by atoms with Crippen LogP contribution in [0.3, 0.4) is 0 Å². The van der Waals surface area contributed by atoms with Crippen LogP contribution in [0.1, 0.15) is 6.42 Å². The van der Waals surface area contributed by atoms with Crippen molar-refractivity contribution in [2.24, 2.45) is 0 Å². The standard InChI is InChI=1S/C7H14N4O/c1-8-4-3-5-11(2)7-9-6-10-12-7/h6,8H,3-5H2,1-2H3. The van der Waals surface area contributed by atoms with Crippen LogP contribution in [0, 0.1) is 0 Å². The summed E-state index contributed by atoms with van der Waals surface area (Å²) in [5, 5.41) is 6.60. The van der Waals surface area contributed by atoms with Crippen LogP contribution in [0.25, 0.3) is 0 Å². The largest absolute Gasteiger partial charge is 0.327 e. The van der Waals surface area contributed by atoms with E-state index in [-0.39, 0.29) is 0 Å². The van der Waals surface area contributed by atoms with E-state index < -0.39 is 0 Å². The first-order chi connectivity index (χ1) is 5.84. The summed E-state index contributed by atoms with van der Waals surface area (Å²) in [6, 6.07) is 0.575. The third kappa shape index (κ3) is 2.50. The quantitative estimate of drug-likeness (QED) is 0.636. The molecule has 68 valence electrons. The van der Waals surface area contributed by atoms with E-state index in [2.05, 4.69) is 15.5 Å². The summed E-state index contributed by atoms with van der Waals surface area (Å²) >= 11 is 0. The van der Waals surface area contributed by atoms with Crippen molar-refractivity contribution in [1.29, 1.82) is 0 Å². The number of aromatic nitrogens is 2. The lowest BCUT2D eigenvalue weighted by molar-refractivity contribution is 0.416. The zero-order valence-corrected chi connectivity index (χ0v) is 7.45. The minimum atomic E-state index is 0.575. The summed E-state index contributed by atoms with van der Waals surface area (Å²) in [6.45, 7) is 1.92. The predicted octanol–water partition coefficient (Wildman–Crippen LogP) is 0.115. The molecule has 0 atom stereocenters. The molecule has 0 aliphatic carbocycles. The number of nitrogens with one attached hydrogen (secondary N) is 1. The van der Waals surface area contributed by atoms with Crippen LogP contribution in [-0.2, 0) is 0 Å². The Labute approximate surface area is 71.8 Å². The molecule has 0 bridgehead atoms. The summed E-state index contributed by atoms with van der Waals surface area (Å²) in [5.41, 5.74) is 0. The Bertz CT molecular complexity index is 199. The number of anilines is 1. The molecule has 0 spiro atoms. The van der Waals surface area contributed by atoms with Gasteiger partial charge in [0.2, 0.25) is 0 Å². The van der Waals surface area contributed by atoms with Gasteiger partial charge in [-0.25, -0.2) is 0 Å². The maximum atomic E-state index is 4.87. The molecule has 1 aromatic heterocycles. The van der Waals surface area contributed by atoms with Gasteiger partial charge in [0, 0.05) is 13.6 Å². The zero-order chi connectivity index (χ0) is 8.81. The molecule has 0 saturated heterocycles. The average Bonchev–Trinajstić information content (AvgIpc) is 2.56. The summed E-state index contributed by atoms with van der Waals surface area (Å²) in [4.78, 5) is 5.86. The van der Waals surface area contributed by atoms with Gasteiger partial charge in [0.25, 0.3) is 0 Å². The highest BCUT2D eigenvalue weighted by Gasteiger charge is 2.04. The topological polar surface area (TPSA) is 54.2 Å². The second-order valence-electron chi connectivity index (χ2n) is 2.60. The van der Waals surface area contributed by atoms with Gasteiger partial charge in [-0.05, 0) is 20.0 Å². The predicted molar refractivity (Wildman–Crippen MR) is 46.1 cm³/mol. The van der Waals surface area contributed by atoms with E-state index in [0.717, 1.165) is 19.5 Å². The highest BCUT2D eigenvalue weighted by molar-refractivity contribution is 5.20. The molecule has 1 N–H and O–H groups in total. The zero-order valence-electron chi connectivity index (χ0n) is 7.45. The van der Waals surface area contributed by atoms with Gasteiger partial charge in [-0.1, -0.05) is 5.16 Å². The first-order valence-electron chi connectivity index (χ1n) is 3.97. The van der Waals surface area contributed by atoms with Gasteiger partial charge in [-0.15, -0.1) is 0 Å². The molecule has 5 heteroatoms. The van der Waals surface area contributed by atoms with Crippen molar-refractivity contribution < 1.29 is 4.52 Å². The molecule has 1 rings (SSSR count).